The summed E-state index contributed by atoms with van der Waals surface area (Å²) in [6.07, 6.45) is -6.91. The van der Waals surface area contributed by atoms with Crippen molar-refractivity contribution in [1.82, 2.24) is 20.2 Å². The van der Waals surface area contributed by atoms with Gasteiger partial charge < -0.3 is 23.7 Å². The van der Waals surface area contributed by atoms with Crippen molar-refractivity contribution in [3.8, 4) is 0 Å². The van der Waals surface area contributed by atoms with Gasteiger partial charge in [0.2, 0.25) is 12.4 Å². The zero-order valence-electron chi connectivity index (χ0n) is 18.9. The van der Waals surface area contributed by atoms with Crippen LogP contribution in [0.3, 0.4) is 0 Å². The van der Waals surface area contributed by atoms with Crippen LogP contribution in [0.15, 0.2) is 30.3 Å². The molecule has 1 saturated heterocycles. The Morgan fingerprint density at radius 3 is 1.97 bits per heavy atom. The number of carbonyl (C=O) groups is 4. The maximum absolute atomic E-state index is 12.0. The third-order valence-electron chi connectivity index (χ3n) is 4.67. The summed E-state index contributed by atoms with van der Waals surface area (Å²) in [4.78, 5) is 47.4. The lowest BCUT2D eigenvalue weighted by Gasteiger charge is -2.43. The van der Waals surface area contributed by atoms with Crippen molar-refractivity contribution in [2.24, 2.45) is 0 Å². The predicted octanol–water partition coefficient (Wildman–Crippen LogP) is 0.477. The van der Waals surface area contributed by atoms with Crippen LogP contribution in [0.5, 0.6) is 0 Å². The van der Waals surface area contributed by atoms with Gasteiger partial charge in [-0.05, 0) is 16.0 Å². The van der Waals surface area contributed by atoms with E-state index in [0.717, 1.165) is 33.3 Å². The Morgan fingerprint density at radius 1 is 0.824 bits per heavy atom. The highest BCUT2D eigenvalue weighted by Crippen LogP contribution is 2.37. The van der Waals surface area contributed by atoms with Crippen LogP contribution in [0.25, 0.3) is 0 Å². The smallest absolute Gasteiger partial charge is 0.305 e. The molecular formula is C21H24N4O9. The van der Waals surface area contributed by atoms with E-state index in [9.17, 15) is 19.2 Å². The van der Waals surface area contributed by atoms with E-state index in [0.29, 0.717) is 0 Å². The third-order valence-corrected chi connectivity index (χ3v) is 4.67. The van der Waals surface area contributed by atoms with Gasteiger partial charge in [0.15, 0.2) is 24.1 Å². The Labute approximate surface area is 194 Å². The monoisotopic (exact) mass is 476 g/mol. The molecule has 0 saturated carbocycles. The quantitative estimate of drug-likeness (QED) is 0.402. The number of nitrogens with zero attached hydrogens (tertiary/aromatic N) is 4. The van der Waals surface area contributed by atoms with Gasteiger partial charge in [-0.2, -0.15) is 0 Å². The summed E-state index contributed by atoms with van der Waals surface area (Å²) < 4.78 is 28.6. The largest absolute Gasteiger partial charge is 0.455 e. The number of hydrogen-bond donors (Lipinski definition) is 0. The van der Waals surface area contributed by atoms with E-state index in [-0.39, 0.29) is 12.4 Å². The third kappa shape index (κ3) is 6.13. The molecule has 1 aliphatic rings. The Hall–Kier alpha value is -3.87. The summed E-state index contributed by atoms with van der Waals surface area (Å²) in [7, 11) is 0. The van der Waals surface area contributed by atoms with Gasteiger partial charge in [0, 0.05) is 27.7 Å². The van der Waals surface area contributed by atoms with E-state index in [2.05, 4.69) is 15.5 Å². The second-order valence-corrected chi connectivity index (χ2v) is 7.44. The van der Waals surface area contributed by atoms with Crippen molar-refractivity contribution >= 4 is 23.9 Å². The summed E-state index contributed by atoms with van der Waals surface area (Å²) in [5.74, 6) is -2.91. The molecular weight excluding hydrogens is 452 g/mol. The van der Waals surface area contributed by atoms with Gasteiger partial charge in [0.1, 0.15) is 0 Å². The fourth-order valence-electron chi connectivity index (χ4n) is 3.52. The number of rotatable bonds is 7. The Balaban J connectivity index is 2.06. The van der Waals surface area contributed by atoms with Gasteiger partial charge in [-0.25, -0.2) is 4.68 Å². The molecule has 13 nitrogen and oxygen atoms in total. The van der Waals surface area contributed by atoms with E-state index in [1.807, 2.05) is 30.3 Å². The first-order chi connectivity index (χ1) is 16.2. The fourth-order valence-corrected chi connectivity index (χ4v) is 3.52. The molecule has 0 bridgehead atoms. The number of esters is 4. The standard InChI is InChI=1S/C21H24N4O9/c1-11(26)30-16-17(31-12(2)27)19(32-13(3)28)21(33-14(4)29)34-18(16)20-22-23-24-25(20)10-15-8-6-5-7-9-15/h5-9,16-19,21H,10H2,1-4H3/t16-,17-,18-,19+,21+/m0/s1. The maximum Gasteiger partial charge on any atom is 0.305 e. The lowest BCUT2D eigenvalue weighted by Crippen LogP contribution is -2.59. The first-order valence-corrected chi connectivity index (χ1v) is 10.3. The average Bonchev–Trinajstić information content (AvgIpc) is 3.19. The highest BCUT2D eigenvalue weighted by Gasteiger charge is 2.55. The molecule has 2 heterocycles. The van der Waals surface area contributed by atoms with E-state index >= 15 is 0 Å². The molecule has 1 fully saturated rings. The van der Waals surface area contributed by atoms with Crippen LogP contribution in [0, 0.1) is 0 Å². The van der Waals surface area contributed by atoms with Gasteiger partial charge in [-0.15, -0.1) is 5.10 Å². The van der Waals surface area contributed by atoms with E-state index < -0.39 is 54.6 Å². The van der Waals surface area contributed by atoms with Crippen molar-refractivity contribution in [3.05, 3.63) is 41.7 Å². The number of hydrogen-bond acceptors (Lipinski definition) is 12. The Morgan fingerprint density at radius 2 is 1.38 bits per heavy atom. The molecule has 0 aliphatic carbocycles. The van der Waals surface area contributed by atoms with Crippen molar-refractivity contribution in [2.45, 2.75) is 64.9 Å². The number of carbonyl (C=O) groups excluding carboxylic acids is 4. The zero-order chi connectivity index (χ0) is 24.8. The van der Waals surface area contributed by atoms with Crippen LogP contribution < -0.4 is 0 Å². The summed E-state index contributed by atoms with van der Waals surface area (Å²) >= 11 is 0. The summed E-state index contributed by atoms with van der Waals surface area (Å²) in [5.41, 5.74) is 0.863. The number of aromatic nitrogens is 4. The van der Waals surface area contributed by atoms with Gasteiger partial charge >= 0.3 is 23.9 Å². The minimum Gasteiger partial charge on any atom is -0.455 e. The Kier molecular flexibility index (Phi) is 7.89. The molecule has 1 aromatic carbocycles. The lowest BCUT2D eigenvalue weighted by atomic mass is 9.97. The van der Waals surface area contributed by atoms with Gasteiger partial charge in [0.05, 0.1) is 6.54 Å². The minimum absolute atomic E-state index is 0.102. The molecule has 3 rings (SSSR count). The normalized spacial score (nSPS) is 24.1. The van der Waals surface area contributed by atoms with Gasteiger partial charge in [0.25, 0.3) is 0 Å². The van der Waals surface area contributed by atoms with Crippen LogP contribution in [0.2, 0.25) is 0 Å². The molecule has 1 aromatic heterocycles. The molecule has 1 aliphatic heterocycles. The molecule has 34 heavy (non-hydrogen) atoms. The first kappa shape index (κ1) is 24.8. The van der Waals surface area contributed by atoms with Crippen LogP contribution >= 0.6 is 0 Å². The van der Waals surface area contributed by atoms with Crippen LogP contribution in [0.4, 0.5) is 0 Å². The second kappa shape index (κ2) is 10.8. The molecule has 0 amide bonds. The fraction of sp³-hybridized carbons (Fsp3) is 0.476. The SMILES string of the molecule is CC(=O)O[C@@H]1O[C@H](c2nnnn2Cc2ccccc2)[C@@H](OC(C)=O)[C@H](OC(C)=O)[C@H]1OC(C)=O. The predicted molar refractivity (Wildman–Crippen MR) is 109 cm³/mol. The molecule has 13 heteroatoms. The van der Waals surface area contributed by atoms with Crippen molar-refractivity contribution in [1.29, 1.82) is 0 Å². The first-order valence-electron chi connectivity index (χ1n) is 10.3. The molecule has 0 spiro atoms. The van der Waals surface area contributed by atoms with Crippen LogP contribution in [-0.2, 0) is 49.4 Å². The highest BCUT2D eigenvalue weighted by atomic mass is 16.7. The molecule has 182 valence electrons. The van der Waals surface area contributed by atoms with Gasteiger partial charge in [-0.1, -0.05) is 30.3 Å². The maximum atomic E-state index is 12.0. The summed E-state index contributed by atoms with van der Waals surface area (Å²) in [6.45, 7) is 4.75. The molecule has 0 unspecified atom stereocenters. The zero-order valence-corrected chi connectivity index (χ0v) is 18.9. The lowest BCUT2D eigenvalue weighted by molar-refractivity contribution is -0.299. The summed E-state index contributed by atoms with van der Waals surface area (Å²) in [5, 5.41) is 11.7. The minimum atomic E-state index is -1.51. The Bertz CT molecular complexity index is 1040. The van der Waals surface area contributed by atoms with Crippen molar-refractivity contribution < 1.29 is 42.9 Å². The molecule has 0 radical (unpaired) electrons. The van der Waals surface area contributed by atoms with Crippen LogP contribution in [-0.4, -0.2) is 68.7 Å². The second-order valence-electron chi connectivity index (χ2n) is 7.44. The molecule has 2 aromatic rings. The summed E-state index contributed by atoms with van der Waals surface area (Å²) in [6, 6.07) is 9.26. The van der Waals surface area contributed by atoms with Crippen molar-refractivity contribution in [3.63, 3.8) is 0 Å². The highest BCUT2D eigenvalue weighted by molar-refractivity contribution is 5.69. The molecule has 0 N–H and O–H groups in total. The average molecular weight is 476 g/mol. The van der Waals surface area contributed by atoms with E-state index in [1.54, 1.807) is 0 Å². The van der Waals surface area contributed by atoms with E-state index in [4.69, 9.17) is 23.7 Å². The van der Waals surface area contributed by atoms with Gasteiger partial charge in [-0.3, -0.25) is 19.2 Å². The molecule has 5 atom stereocenters. The topological polar surface area (TPSA) is 158 Å². The van der Waals surface area contributed by atoms with E-state index in [1.165, 1.54) is 4.68 Å². The van der Waals surface area contributed by atoms with Crippen molar-refractivity contribution in [2.75, 3.05) is 0 Å². The number of tetrazole rings is 1. The number of ether oxygens (including phenoxy) is 5. The number of benzene rings is 1. The van der Waals surface area contributed by atoms with Crippen LogP contribution in [0.1, 0.15) is 45.2 Å².